The summed E-state index contributed by atoms with van der Waals surface area (Å²) in [4.78, 5) is 0. The topological polar surface area (TPSA) is 18.5 Å². The van der Waals surface area contributed by atoms with Gasteiger partial charge in [0.2, 0.25) is 0 Å². The van der Waals surface area contributed by atoms with Crippen molar-refractivity contribution in [2.75, 3.05) is 6.61 Å². The van der Waals surface area contributed by atoms with E-state index in [-0.39, 0.29) is 11.4 Å². The lowest BCUT2D eigenvalue weighted by atomic mass is 9.45. The normalized spacial score (nSPS) is 57.0. The molecule has 0 aromatic heterocycles. The molecule has 5 atom stereocenters. The van der Waals surface area contributed by atoms with E-state index in [0.29, 0.717) is 16.7 Å². The highest BCUT2D eigenvalue weighted by atomic mass is 16.7. The summed E-state index contributed by atoms with van der Waals surface area (Å²) in [5, 5.41) is 0. The van der Waals surface area contributed by atoms with Crippen molar-refractivity contribution >= 4 is 0 Å². The Bertz CT molecular complexity index is 431. The predicted molar refractivity (Wildman–Crippen MR) is 79.4 cm³/mol. The molecule has 0 aromatic rings. The van der Waals surface area contributed by atoms with E-state index in [2.05, 4.69) is 27.7 Å². The molecule has 2 aliphatic carbocycles. The fraction of sp³-hybridized carbons (Fsp3) is 1.00. The molecule has 2 heterocycles. The SMILES string of the molecule is CC12CC[C@]3(CC[C@H]4C(C)(C)CCC[C@]4(C)[C@H]3CO1)O2. The Balaban J connectivity index is 1.73. The summed E-state index contributed by atoms with van der Waals surface area (Å²) >= 11 is 0. The van der Waals surface area contributed by atoms with E-state index in [1.54, 1.807) is 0 Å². The fourth-order valence-electron chi connectivity index (χ4n) is 6.56. The van der Waals surface area contributed by atoms with Gasteiger partial charge in [-0.2, -0.15) is 0 Å². The molecular weight excluding hydrogens is 248 g/mol. The van der Waals surface area contributed by atoms with Crippen LogP contribution in [0.2, 0.25) is 0 Å². The third-order valence-electron chi connectivity index (χ3n) is 7.54. The zero-order valence-corrected chi connectivity index (χ0v) is 13.6. The molecule has 2 saturated carbocycles. The Morgan fingerprint density at radius 3 is 2.45 bits per heavy atom. The molecule has 1 unspecified atom stereocenters. The van der Waals surface area contributed by atoms with Crippen LogP contribution in [0.4, 0.5) is 0 Å². The maximum absolute atomic E-state index is 6.54. The first-order chi connectivity index (χ1) is 9.30. The van der Waals surface area contributed by atoms with Crippen molar-refractivity contribution in [1.29, 1.82) is 0 Å². The number of fused-ring (bicyclic) bond motifs is 3. The van der Waals surface area contributed by atoms with Crippen molar-refractivity contribution in [3.63, 3.8) is 0 Å². The van der Waals surface area contributed by atoms with Crippen molar-refractivity contribution in [2.24, 2.45) is 22.7 Å². The van der Waals surface area contributed by atoms with E-state index >= 15 is 0 Å². The van der Waals surface area contributed by atoms with Gasteiger partial charge in [0.25, 0.3) is 0 Å². The molecule has 2 heteroatoms. The molecule has 114 valence electrons. The average molecular weight is 278 g/mol. The van der Waals surface area contributed by atoms with Crippen LogP contribution >= 0.6 is 0 Å². The molecule has 4 aliphatic rings. The van der Waals surface area contributed by atoms with Gasteiger partial charge in [-0.1, -0.05) is 27.2 Å². The first-order valence-corrected chi connectivity index (χ1v) is 8.64. The molecule has 4 rings (SSSR count). The molecule has 0 aromatic carbocycles. The van der Waals surface area contributed by atoms with Gasteiger partial charge in [-0.05, 0) is 55.8 Å². The van der Waals surface area contributed by atoms with Gasteiger partial charge in [0, 0.05) is 12.3 Å². The summed E-state index contributed by atoms with van der Waals surface area (Å²) in [6.45, 7) is 10.6. The van der Waals surface area contributed by atoms with Crippen LogP contribution in [0.25, 0.3) is 0 Å². The summed E-state index contributed by atoms with van der Waals surface area (Å²) in [6.07, 6.45) is 9.08. The van der Waals surface area contributed by atoms with Crippen LogP contribution in [0.5, 0.6) is 0 Å². The van der Waals surface area contributed by atoms with Crippen LogP contribution in [0.1, 0.15) is 72.6 Å². The molecule has 1 spiro atoms. The zero-order chi connectivity index (χ0) is 14.2. The van der Waals surface area contributed by atoms with Crippen molar-refractivity contribution in [2.45, 2.75) is 84.0 Å². The van der Waals surface area contributed by atoms with E-state index in [4.69, 9.17) is 9.47 Å². The Kier molecular flexibility index (Phi) is 2.59. The smallest absolute Gasteiger partial charge is 0.166 e. The molecule has 2 saturated heterocycles. The highest BCUT2D eigenvalue weighted by Crippen LogP contribution is 2.67. The van der Waals surface area contributed by atoms with E-state index in [9.17, 15) is 0 Å². The Hall–Kier alpha value is -0.0800. The van der Waals surface area contributed by atoms with Gasteiger partial charge in [-0.3, -0.25) is 0 Å². The molecular formula is C18H30O2. The first kappa shape index (κ1) is 13.6. The predicted octanol–water partition coefficient (Wildman–Crippen LogP) is 4.52. The maximum atomic E-state index is 6.54. The third-order valence-corrected chi connectivity index (χ3v) is 7.54. The number of rotatable bonds is 0. The Morgan fingerprint density at radius 1 is 0.850 bits per heavy atom. The molecule has 0 N–H and O–H groups in total. The van der Waals surface area contributed by atoms with Crippen molar-refractivity contribution in [1.82, 2.24) is 0 Å². The number of hydrogen-bond acceptors (Lipinski definition) is 2. The Morgan fingerprint density at radius 2 is 1.65 bits per heavy atom. The summed E-state index contributed by atoms with van der Waals surface area (Å²) in [6, 6.07) is 0. The van der Waals surface area contributed by atoms with E-state index < -0.39 is 0 Å². The molecule has 2 bridgehead atoms. The van der Waals surface area contributed by atoms with Crippen molar-refractivity contribution in [3.8, 4) is 0 Å². The van der Waals surface area contributed by atoms with E-state index in [1.165, 1.54) is 38.5 Å². The van der Waals surface area contributed by atoms with Crippen molar-refractivity contribution < 1.29 is 9.47 Å². The maximum Gasteiger partial charge on any atom is 0.166 e. The molecule has 4 fully saturated rings. The van der Waals surface area contributed by atoms with Gasteiger partial charge in [0.1, 0.15) is 0 Å². The van der Waals surface area contributed by atoms with Crippen molar-refractivity contribution in [3.05, 3.63) is 0 Å². The minimum atomic E-state index is -0.274. The summed E-state index contributed by atoms with van der Waals surface area (Å²) in [5.41, 5.74) is 1.06. The highest BCUT2D eigenvalue weighted by molar-refractivity contribution is 5.13. The van der Waals surface area contributed by atoms with Gasteiger partial charge >= 0.3 is 0 Å². The van der Waals surface area contributed by atoms with Gasteiger partial charge in [-0.15, -0.1) is 0 Å². The lowest BCUT2D eigenvalue weighted by molar-refractivity contribution is -0.337. The molecule has 2 nitrogen and oxygen atoms in total. The Labute approximate surface area is 123 Å². The van der Waals surface area contributed by atoms with Crippen LogP contribution in [-0.4, -0.2) is 18.0 Å². The summed E-state index contributed by atoms with van der Waals surface area (Å²) in [7, 11) is 0. The van der Waals surface area contributed by atoms with Crippen LogP contribution in [0, 0.1) is 22.7 Å². The van der Waals surface area contributed by atoms with E-state index in [1.807, 2.05) is 0 Å². The summed E-state index contributed by atoms with van der Waals surface area (Å²) in [5.74, 6) is 1.18. The minimum Gasteiger partial charge on any atom is -0.350 e. The van der Waals surface area contributed by atoms with Gasteiger partial charge < -0.3 is 9.47 Å². The third kappa shape index (κ3) is 1.58. The molecule has 0 amide bonds. The first-order valence-electron chi connectivity index (χ1n) is 8.64. The standard InChI is InChI=1S/C18H30O2/c1-15(2)7-5-8-16(3)13(15)6-9-18-11-10-17(4,20-18)19-12-14(16)18/h13-14H,5-12H2,1-4H3/t13-,14+,16-,17?,18-/m0/s1. The largest absolute Gasteiger partial charge is 0.350 e. The second-order valence-corrected chi connectivity index (χ2v) is 9.10. The number of hydrogen-bond donors (Lipinski definition) is 0. The quantitative estimate of drug-likeness (QED) is 0.648. The average Bonchev–Trinajstić information content (AvgIpc) is 2.58. The number of ether oxygens (including phenoxy) is 2. The molecule has 20 heavy (non-hydrogen) atoms. The summed E-state index contributed by atoms with van der Waals surface area (Å²) < 4.78 is 12.7. The van der Waals surface area contributed by atoms with Gasteiger partial charge in [-0.25, -0.2) is 0 Å². The van der Waals surface area contributed by atoms with Crippen LogP contribution < -0.4 is 0 Å². The highest BCUT2D eigenvalue weighted by Gasteiger charge is 2.66. The lowest BCUT2D eigenvalue weighted by Crippen LogP contribution is -2.62. The fourth-order valence-corrected chi connectivity index (χ4v) is 6.56. The second kappa shape index (κ2) is 3.81. The van der Waals surface area contributed by atoms with E-state index in [0.717, 1.165) is 18.9 Å². The molecule has 2 aliphatic heterocycles. The second-order valence-electron chi connectivity index (χ2n) is 9.10. The monoisotopic (exact) mass is 278 g/mol. The van der Waals surface area contributed by atoms with Crippen LogP contribution in [0.15, 0.2) is 0 Å². The van der Waals surface area contributed by atoms with Gasteiger partial charge in [0.15, 0.2) is 5.79 Å². The molecule has 0 radical (unpaired) electrons. The lowest BCUT2D eigenvalue weighted by Gasteiger charge is -2.63. The van der Waals surface area contributed by atoms with Crippen LogP contribution in [0.3, 0.4) is 0 Å². The van der Waals surface area contributed by atoms with Gasteiger partial charge in [0.05, 0.1) is 12.2 Å². The van der Waals surface area contributed by atoms with Crippen LogP contribution in [-0.2, 0) is 9.47 Å². The zero-order valence-electron chi connectivity index (χ0n) is 13.6. The minimum absolute atomic E-state index is 0.145.